The van der Waals surface area contributed by atoms with Gasteiger partial charge in [-0.05, 0) is 48.5 Å². The monoisotopic (exact) mass is 310 g/mol. The fraction of sp³-hybridized carbons (Fsp3) is 0.429. The Morgan fingerprint density at radius 2 is 2.24 bits per heavy atom. The van der Waals surface area contributed by atoms with E-state index in [0.717, 1.165) is 23.4 Å². The fourth-order valence-electron chi connectivity index (χ4n) is 1.95. The van der Waals surface area contributed by atoms with Crippen LogP contribution in [0.3, 0.4) is 0 Å². The molecule has 21 heavy (non-hydrogen) atoms. The fourth-order valence-corrected chi connectivity index (χ4v) is 2.92. The van der Waals surface area contributed by atoms with Crippen molar-refractivity contribution in [2.45, 2.75) is 43.4 Å². The van der Waals surface area contributed by atoms with E-state index in [9.17, 15) is 9.18 Å². The second-order valence-electron chi connectivity index (χ2n) is 4.60. The Hall–Kier alpha value is -1.60. The number of aromatic nitrogens is 3. The van der Waals surface area contributed by atoms with Gasteiger partial charge in [0.2, 0.25) is 0 Å². The highest BCUT2D eigenvalue weighted by Crippen LogP contribution is 2.29. The molecule has 0 spiro atoms. The predicted octanol–water partition coefficient (Wildman–Crippen LogP) is 2.38. The lowest BCUT2D eigenvalue weighted by Gasteiger charge is -2.10. The predicted molar refractivity (Wildman–Crippen MR) is 81.0 cm³/mol. The summed E-state index contributed by atoms with van der Waals surface area (Å²) in [6.45, 7) is 6.01. The first-order valence-electron chi connectivity index (χ1n) is 6.97. The van der Waals surface area contributed by atoms with Crippen molar-refractivity contribution in [2.75, 3.05) is 6.54 Å². The zero-order chi connectivity index (χ0) is 15.2. The van der Waals surface area contributed by atoms with Gasteiger partial charge in [-0.15, -0.1) is 5.10 Å². The molecule has 0 bridgehead atoms. The van der Waals surface area contributed by atoms with Crippen LogP contribution in [0, 0.1) is 5.82 Å². The van der Waals surface area contributed by atoms with Crippen molar-refractivity contribution < 1.29 is 4.39 Å². The molecule has 0 amide bonds. The van der Waals surface area contributed by atoms with Gasteiger partial charge in [-0.2, -0.15) is 0 Å². The molecular weight excluding hydrogens is 291 g/mol. The van der Waals surface area contributed by atoms with Gasteiger partial charge in [0.15, 0.2) is 5.16 Å². The molecule has 0 atom stereocenters. The molecule has 1 aromatic carbocycles. The Labute approximate surface area is 127 Å². The van der Waals surface area contributed by atoms with E-state index < -0.39 is 0 Å². The number of nitrogens with one attached hydrogen (secondary N) is 2. The molecule has 0 unspecified atom stereocenters. The van der Waals surface area contributed by atoms with E-state index in [0.29, 0.717) is 18.2 Å². The number of halogens is 1. The first-order chi connectivity index (χ1) is 10.2. The standard InChI is InChI=1S/C14H19FN4OS/c1-3-7-19-13(20)17-18-14(19)21-12-6-5-11(15)8-10(12)9-16-4-2/h5-6,8,16H,3-4,7,9H2,1-2H3,(H,17,20). The zero-order valence-electron chi connectivity index (χ0n) is 12.1. The average Bonchev–Trinajstić information content (AvgIpc) is 2.81. The summed E-state index contributed by atoms with van der Waals surface area (Å²) >= 11 is 1.37. The smallest absolute Gasteiger partial charge is 0.313 e. The Morgan fingerprint density at radius 1 is 1.43 bits per heavy atom. The van der Waals surface area contributed by atoms with Gasteiger partial charge in [-0.3, -0.25) is 4.57 Å². The molecular formula is C14H19FN4OS. The molecule has 5 nitrogen and oxygen atoms in total. The highest BCUT2D eigenvalue weighted by molar-refractivity contribution is 7.99. The third-order valence-corrected chi connectivity index (χ3v) is 4.07. The van der Waals surface area contributed by atoms with Crippen LogP contribution >= 0.6 is 11.8 Å². The van der Waals surface area contributed by atoms with Gasteiger partial charge < -0.3 is 5.32 Å². The molecule has 2 N–H and O–H groups in total. The van der Waals surface area contributed by atoms with E-state index in [2.05, 4.69) is 15.5 Å². The quantitative estimate of drug-likeness (QED) is 0.824. The lowest BCUT2D eigenvalue weighted by atomic mass is 10.2. The maximum Gasteiger partial charge on any atom is 0.343 e. The molecule has 2 aromatic rings. The van der Waals surface area contributed by atoms with Gasteiger partial charge in [-0.1, -0.05) is 13.8 Å². The van der Waals surface area contributed by atoms with Crippen molar-refractivity contribution >= 4 is 11.8 Å². The summed E-state index contributed by atoms with van der Waals surface area (Å²) in [4.78, 5) is 12.6. The minimum absolute atomic E-state index is 0.213. The van der Waals surface area contributed by atoms with Crippen LogP contribution in [0.2, 0.25) is 0 Å². The maximum absolute atomic E-state index is 13.4. The van der Waals surface area contributed by atoms with E-state index in [1.54, 1.807) is 10.6 Å². The summed E-state index contributed by atoms with van der Waals surface area (Å²) in [6, 6.07) is 4.66. The summed E-state index contributed by atoms with van der Waals surface area (Å²) < 4.78 is 15.0. The third-order valence-electron chi connectivity index (χ3n) is 2.96. The Kier molecular flexibility index (Phi) is 5.58. The van der Waals surface area contributed by atoms with Gasteiger partial charge in [-0.25, -0.2) is 14.3 Å². The second kappa shape index (κ2) is 7.42. The molecule has 0 aliphatic heterocycles. The molecule has 1 aromatic heterocycles. The number of H-pyrrole nitrogens is 1. The molecule has 0 aliphatic rings. The number of nitrogens with zero attached hydrogens (tertiary/aromatic N) is 2. The topological polar surface area (TPSA) is 62.7 Å². The average molecular weight is 310 g/mol. The molecule has 0 fully saturated rings. The van der Waals surface area contributed by atoms with Crippen molar-refractivity contribution in [3.8, 4) is 0 Å². The summed E-state index contributed by atoms with van der Waals surface area (Å²) in [5, 5.41) is 10.3. The number of rotatable bonds is 7. The SMILES string of the molecule is CCCn1c(Sc2ccc(F)cc2CNCC)n[nH]c1=O. The molecule has 2 rings (SSSR count). The van der Waals surface area contributed by atoms with Crippen LogP contribution in [0.4, 0.5) is 4.39 Å². The van der Waals surface area contributed by atoms with E-state index in [1.165, 1.54) is 23.9 Å². The third kappa shape index (κ3) is 3.95. The summed E-state index contributed by atoms with van der Waals surface area (Å²) in [5.74, 6) is -0.264. The summed E-state index contributed by atoms with van der Waals surface area (Å²) in [7, 11) is 0. The van der Waals surface area contributed by atoms with Crippen LogP contribution in [0.1, 0.15) is 25.8 Å². The van der Waals surface area contributed by atoms with E-state index in [4.69, 9.17) is 0 Å². The van der Waals surface area contributed by atoms with Crippen molar-refractivity contribution in [1.29, 1.82) is 0 Å². The van der Waals surface area contributed by atoms with Crippen molar-refractivity contribution in [3.63, 3.8) is 0 Å². The highest BCUT2D eigenvalue weighted by Gasteiger charge is 2.12. The molecule has 114 valence electrons. The molecule has 1 heterocycles. The summed E-state index contributed by atoms with van der Waals surface area (Å²) in [6.07, 6.45) is 0.848. The normalized spacial score (nSPS) is 11.0. The van der Waals surface area contributed by atoms with Crippen LogP contribution in [0.25, 0.3) is 0 Å². The highest BCUT2D eigenvalue weighted by atomic mass is 32.2. The molecule has 7 heteroatoms. The van der Waals surface area contributed by atoms with Crippen LogP contribution in [-0.2, 0) is 13.1 Å². The Balaban J connectivity index is 2.28. The molecule has 0 saturated heterocycles. The number of hydrogen-bond acceptors (Lipinski definition) is 4. The largest absolute Gasteiger partial charge is 0.343 e. The first-order valence-corrected chi connectivity index (χ1v) is 7.79. The molecule has 0 aliphatic carbocycles. The van der Waals surface area contributed by atoms with E-state index in [1.807, 2.05) is 13.8 Å². The summed E-state index contributed by atoms with van der Waals surface area (Å²) in [5.41, 5.74) is 0.648. The Bertz CT molecular complexity index is 653. The van der Waals surface area contributed by atoms with Gasteiger partial charge >= 0.3 is 5.69 Å². The lowest BCUT2D eigenvalue weighted by Crippen LogP contribution is -2.17. The number of aromatic amines is 1. The minimum atomic E-state index is -0.264. The van der Waals surface area contributed by atoms with Gasteiger partial charge in [0.1, 0.15) is 5.82 Å². The van der Waals surface area contributed by atoms with E-state index >= 15 is 0 Å². The molecule has 0 radical (unpaired) electrons. The second-order valence-corrected chi connectivity index (χ2v) is 5.61. The number of hydrogen-bond donors (Lipinski definition) is 2. The van der Waals surface area contributed by atoms with Crippen molar-refractivity contribution in [2.24, 2.45) is 0 Å². The lowest BCUT2D eigenvalue weighted by molar-refractivity contribution is 0.603. The maximum atomic E-state index is 13.4. The van der Waals surface area contributed by atoms with Crippen molar-refractivity contribution in [3.05, 3.63) is 40.1 Å². The minimum Gasteiger partial charge on any atom is -0.313 e. The zero-order valence-corrected chi connectivity index (χ0v) is 13.0. The van der Waals surface area contributed by atoms with Crippen LogP contribution < -0.4 is 11.0 Å². The van der Waals surface area contributed by atoms with Crippen LogP contribution in [0.15, 0.2) is 33.0 Å². The van der Waals surface area contributed by atoms with Gasteiger partial charge in [0.05, 0.1) is 0 Å². The van der Waals surface area contributed by atoms with Crippen molar-refractivity contribution in [1.82, 2.24) is 20.1 Å². The Morgan fingerprint density at radius 3 is 2.95 bits per heavy atom. The number of benzene rings is 1. The van der Waals surface area contributed by atoms with Crippen LogP contribution in [-0.4, -0.2) is 21.3 Å². The van der Waals surface area contributed by atoms with Gasteiger partial charge in [0, 0.05) is 18.0 Å². The molecule has 0 saturated carbocycles. The first kappa shape index (κ1) is 15.8. The van der Waals surface area contributed by atoms with Crippen LogP contribution in [0.5, 0.6) is 0 Å². The van der Waals surface area contributed by atoms with Gasteiger partial charge in [0.25, 0.3) is 0 Å². The van der Waals surface area contributed by atoms with E-state index in [-0.39, 0.29) is 11.5 Å².